The van der Waals surface area contributed by atoms with E-state index in [4.69, 9.17) is 0 Å². The molecule has 41 heavy (non-hydrogen) atoms. The SMILES string of the molecule is CC[C@H](C(=O)NCC(C)C)N(Cc1ccc(C)cc1)C(=O)CN(c1ccc(C(C)C)cc1)S(=O)(=O)c1ccccc1. The van der Waals surface area contributed by atoms with Crippen LogP contribution in [0.5, 0.6) is 0 Å². The molecule has 0 spiro atoms. The van der Waals surface area contributed by atoms with Crippen LogP contribution in [-0.4, -0.2) is 44.3 Å². The van der Waals surface area contributed by atoms with Crippen LogP contribution in [0.2, 0.25) is 0 Å². The van der Waals surface area contributed by atoms with Crippen LogP contribution in [0.3, 0.4) is 0 Å². The smallest absolute Gasteiger partial charge is 0.264 e. The zero-order valence-electron chi connectivity index (χ0n) is 25.0. The summed E-state index contributed by atoms with van der Waals surface area (Å²) in [5.41, 5.74) is 3.39. The Kier molecular flexibility index (Phi) is 11.1. The van der Waals surface area contributed by atoms with E-state index in [9.17, 15) is 18.0 Å². The van der Waals surface area contributed by atoms with Gasteiger partial charge in [0, 0.05) is 13.1 Å². The highest BCUT2D eigenvalue weighted by atomic mass is 32.2. The molecule has 3 aromatic rings. The molecule has 2 amide bonds. The van der Waals surface area contributed by atoms with Crippen molar-refractivity contribution in [3.63, 3.8) is 0 Å². The second kappa shape index (κ2) is 14.3. The fourth-order valence-corrected chi connectivity index (χ4v) is 5.94. The number of amides is 2. The van der Waals surface area contributed by atoms with Crippen LogP contribution in [0, 0.1) is 12.8 Å². The lowest BCUT2D eigenvalue weighted by Crippen LogP contribution is -2.52. The van der Waals surface area contributed by atoms with Crippen LogP contribution in [0.4, 0.5) is 5.69 Å². The molecule has 1 atom stereocenters. The summed E-state index contributed by atoms with van der Waals surface area (Å²) in [5, 5.41) is 2.96. The Bertz CT molecular complexity index is 1390. The predicted octanol–water partition coefficient (Wildman–Crippen LogP) is 5.89. The van der Waals surface area contributed by atoms with Crippen LogP contribution in [-0.2, 0) is 26.2 Å². The predicted molar refractivity (Wildman–Crippen MR) is 165 cm³/mol. The first-order chi connectivity index (χ1) is 19.4. The quantitative estimate of drug-likeness (QED) is 0.274. The molecule has 0 aliphatic rings. The first kappa shape index (κ1) is 31.9. The van der Waals surface area contributed by atoms with Crippen molar-refractivity contribution < 1.29 is 18.0 Å². The molecule has 0 bridgehead atoms. The van der Waals surface area contributed by atoms with Crippen LogP contribution >= 0.6 is 0 Å². The van der Waals surface area contributed by atoms with Gasteiger partial charge in [0.25, 0.3) is 10.0 Å². The van der Waals surface area contributed by atoms with E-state index >= 15 is 0 Å². The highest BCUT2D eigenvalue weighted by Crippen LogP contribution is 2.27. The van der Waals surface area contributed by atoms with E-state index in [1.807, 2.05) is 64.1 Å². The van der Waals surface area contributed by atoms with Gasteiger partial charge in [0.05, 0.1) is 10.6 Å². The summed E-state index contributed by atoms with van der Waals surface area (Å²) in [6.07, 6.45) is 0.385. The Morgan fingerprint density at radius 2 is 1.46 bits per heavy atom. The highest BCUT2D eigenvalue weighted by molar-refractivity contribution is 7.92. The lowest BCUT2D eigenvalue weighted by atomic mass is 10.0. The molecule has 0 saturated carbocycles. The molecular formula is C33H43N3O4S. The molecule has 0 aliphatic carbocycles. The third-order valence-electron chi connectivity index (χ3n) is 7.00. The molecular weight excluding hydrogens is 534 g/mol. The molecule has 0 aliphatic heterocycles. The first-order valence-electron chi connectivity index (χ1n) is 14.2. The molecule has 0 fully saturated rings. The Labute approximate surface area is 245 Å². The maximum absolute atomic E-state index is 14.1. The van der Waals surface area contributed by atoms with E-state index in [0.717, 1.165) is 21.0 Å². The standard InChI is InChI=1S/C33H43N3O4S/c1-7-31(33(38)34-21-24(2)3)35(22-27-15-13-26(6)14-16-27)32(37)23-36(29-19-17-28(18-20-29)25(4)5)41(39,40)30-11-9-8-10-12-30/h8-20,24-25,31H,7,21-23H2,1-6H3,(H,34,38)/t31-/m1/s1. The number of anilines is 1. The van der Waals surface area contributed by atoms with Crippen LogP contribution < -0.4 is 9.62 Å². The lowest BCUT2D eigenvalue weighted by Gasteiger charge is -2.33. The number of aryl methyl sites for hydroxylation is 1. The van der Waals surface area contributed by atoms with Crippen molar-refractivity contribution in [2.24, 2.45) is 5.92 Å². The maximum atomic E-state index is 14.1. The van der Waals surface area contributed by atoms with E-state index in [1.54, 1.807) is 30.3 Å². The van der Waals surface area contributed by atoms with Gasteiger partial charge in [0.2, 0.25) is 11.8 Å². The minimum atomic E-state index is -4.08. The van der Waals surface area contributed by atoms with Gasteiger partial charge in [-0.1, -0.05) is 94.8 Å². The van der Waals surface area contributed by atoms with Gasteiger partial charge in [-0.25, -0.2) is 8.42 Å². The van der Waals surface area contributed by atoms with Crippen molar-refractivity contribution >= 4 is 27.5 Å². The molecule has 0 unspecified atom stereocenters. The van der Waals surface area contributed by atoms with E-state index < -0.39 is 28.5 Å². The Balaban J connectivity index is 2.04. The summed E-state index contributed by atoms with van der Waals surface area (Å²) in [7, 11) is -4.08. The van der Waals surface area contributed by atoms with Crippen molar-refractivity contribution in [2.45, 2.75) is 71.4 Å². The lowest BCUT2D eigenvalue weighted by molar-refractivity contribution is -0.140. The van der Waals surface area contributed by atoms with E-state index in [-0.39, 0.29) is 29.2 Å². The van der Waals surface area contributed by atoms with Gasteiger partial charge in [-0.05, 0) is 60.6 Å². The van der Waals surface area contributed by atoms with Crippen molar-refractivity contribution in [2.75, 3.05) is 17.4 Å². The summed E-state index contributed by atoms with van der Waals surface area (Å²) in [4.78, 5) is 29.0. The van der Waals surface area contributed by atoms with Gasteiger partial charge in [-0.15, -0.1) is 0 Å². The molecule has 7 nitrogen and oxygen atoms in total. The molecule has 0 radical (unpaired) electrons. The Morgan fingerprint density at radius 1 is 0.854 bits per heavy atom. The summed E-state index contributed by atoms with van der Waals surface area (Å²) in [6, 6.07) is 22.4. The van der Waals surface area contributed by atoms with Crippen molar-refractivity contribution in [1.82, 2.24) is 10.2 Å². The topological polar surface area (TPSA) is 86.8 Å². The number of hydrogen-bond donors (Lipinski definition) is 1. The zero-order valence-corrected chi connectivity index (χ0v) is 25.8. The number of carbonyl (C=O) groups excluding carboxylic acids is 2. The van der Waals surface area contributed by atoms with Crippen LogP contribution in [0.15, 0.2) is 83.8 Å². The molecule has 0 saturated heterocycles. The second-order valence-electron chi connectivity index (χ2n) is 11.1. The van der Waals surface area contributed by atoms with Crippen LogP contribution in [0.25, 0.3) is 0 Å². The first-order valence-corrected chi connectivity index (χ1v) is 15.7. The molecule has 0 aromatic heterocycles. The number of carbonyl (C=O) groups is 2. The summed E-state index contributed by atoms with van der Waals surface area (Å²) in [6.45, 7) is 12.2. The summed E-state index contributed by atoms with van der Waals surface area (Å²) < 4.78 is 29.0. The third kappa shape index (κ3) is 8.43. The number of hydrogen-bond acceptors (Lipinski definition) is 4. The van der Waals surface area contributed by atoms with Gasteiger partial charge < -0.3 is 10.2 Å². The fourth-order valence-electron chi connectivity index (χ4n) is 4.51. The van der Waals surface area contributed by atoms with Crippen molar-refractivity contribution in [3.05, 3.63) is 95.6 Å². The van der Waals surface area contributed by atoms with Gasteiger partial charge >= 0.3 is 0 Å². The number of benzene rings is 3. The normalized spacial score (nSPS) is 12.3. The van der Waals surface area contributed by atoms with Gasteiger partial charge in [-0.2, -0.15) is 0 Å². The molecule has 3 rings (SSSR count). The fraction of sp³-hybridized carbons (Fsp3) is 0.394. The number of sulfonamides is 1. The number of nitrogens with zero attached hydrogens (tertiary/aromatic N) is 2. The zero-order chi connectivity index (χ0) is 30.2. The minimum Gasteiger partial charge on any atom is -0.354 e. The van der Waals surface area contributed by atoms with Crippen molar-refractivity contribution in [1.29, 1.82) is 0 Å². The Hall–Kier alpha value is -3.65. The molecule has 220 valence electrons. The summed E-state index contributed by atoms with van der Waals surface area (Å²) in [5.74, 6) is -0.187. The summed E-state index contributed by atoms with van der Waals surface area (Å²) >= 11 is 0. The second-order valence-corrected chi connectivity index (χ2v) is 13.0. The van der Waals surface area contributed by atoms with Gasteiger partial charge in [0.1, 0.15) is 12.6 Å². The van der Waals surface area contributed by atoms with Crippen molar-refractivity contribution in [3.8, 4) is 0 Å². The molecule has 0 heterocycles. The molecule has 1 N–H and O–H groups in total. The monoisotopic (exact) mass is 577 g/mol. The number of rotatable bonds is 13. The highest BCUT2D eigenvalue weighted by Gasteiger charge is 2.33. The average molecular weight is 578 g/mol. The van der Waals surface area contributed by atoms with E-state index in [2.05, 4.69) is 19.2 Å². The van der Waals surface area contributed by atoms with Crippen LogP contribution in [0.1, 0.15) is 63.6 Å². The largest absolute Gasteiger partial charge is 0.354 e. The molecule has 8 heteroatoms. The third-order valence-corrected chi connectivity index (χ3v) is 8.79. The number of nitrogens with one attached hydrogen (secondary N) is 1. The Morgan fingerprint density at radius 3 is 2.00 bits per heavy atom. The van der Waals surface area contributed by atoms with E-state index in [0.29, 0.717) is 18.7 Å². The van der Waals surface area contributed by atoms with Gasteiger partial charge in [-0.3, -0.25) is 13.9 Å². The van der Waals surface area contributed by atoms with Gasteiger partial charge in [0.15, 0.2) is 0 Å². The maximum Gasteiger partial charge on any atom is 0.264 e. The minimum absolute atomic E-state index is 0.0903. The van der Waals surface area contributed by atoms with E-state index in [1.165, 1.54) is 17.0 Å². The average Bonchev–Trinajstić information content (AvgIpc) is 2.96. The molecule has 3 aromatic carbocycles.